The van der Waals surface area contributed by atoms with E-state index in [-0.39, 0.29) is 23.6 Å². The fourth-order valence-corrected chi connectivity index (χ4v) is 1.30. The van der Waals surface area contributed by atoms with Gasteiger partial charge in [-0.05, 0) is 6.92 Å². The summed E-state index contributed by atoms with van der Waals surface area (Å²) >= 11 is 0. The van der Waals surface area contributed by atoms with Gasteiger partial charge in [0.2, 0.25) is 5.78 Å². The Balaban J connectivity index is 3.12. The maximum Gasteiger partial charge on any atom is 0.264 e. The van der Waals surface area contributed by atoms with Gasteiger partial charge in [-0.15, -0.1) is 0 Å². The quantitative estimate of drug-likeness (QED) is 0.726. The van der Waals surface area contributed by atoms with Crippen molar-refractivity contribution >= 4 is 5.78 Å². The second-order valence-electron chi connectivity index (χ2n) is 4.31. The van der Waals surface area contributed by atoms with E-state index in [1.165, 1.54) is 0 Å². The Morgan fingerprint density at radius 2 is 2.07 bits per heavy atom. The largest absolute Gasteiger partial charge is 0.438 e. The second-order valence-corrected chi connectivity index (χ2v) is 4.31. The van der Waals surface area contributed by atoms with Crippen LogP contribution in [-0.2, 0) is 5.41 Å². The zero-order valence-electron chi connectivity index (χ0n) is 9.05. The van der Waals surface area contributed by atoms with Gasteiger partial charge in [-0.1, -0.05) is 20.8 Å². The van der Waals surface area contributed by atoms with Crippen LogP contribution in [0, 0.1) is 6.92 Å². The summed E-state index contributed by atoms with van der Waals surface area (Å²) in [7, 11) is 0. The molecule has 0 fully saturated rings. The molecule has 1 aromatic rings. The van der Waals surface area contributed by atoms with Gasteiger partial charge in [0.05, 0.1) is 12.2 Å². The lowest BCUT2D eigenvalue weighted by Gasteiger charge is -2.14. The molecule has 0 aliphatic heterocycles. The maximum absolute atomic E-state index is 11.2. The van der Waals surface area contributed by atoms with E-state index in [1.807, 2.05) is 27.7 Å². The molecule has 0 unspecified atom stereocenters. The minimum absolute atomic E-state index is 0.0659. The molecule has 0 saturated carbocycles. The SMILES string of the molecule is Cc1nc(C(=O)CN)oc1C(C)(C)C. The maximum atomic E-state index is 11.2. The van der Waals surface area contributed by atoms with Crippen LogP contribution in [0.15, 0.2) is 4.42 Å². The zero-order chi connectivity index (χ0) is 10.9. The molecular formula is C10H16N2O2. The minimum Gasteiger partial charge on any atom is -0.438 e. The number of carbonyl (C=O) groups excluding carboxylic acids is 1. The van der Waals surface area contributed by atoms with Crippen molar-refractivity contribution in [2.45, 2.75) is 33.1 Å². The fraction of sp³-hybridized carbons (Fsp3) is 0.600. The molecule has 0 aliphatic rings. The number of oxazole rings is 1. The number of aryl methyl sites for hydroxylation is 1. The van der Waals surface area contributed by atoms with Crippen LogP contribution in [0.2, 0.25) is 0 Å². The number of ketones is 1. The van der Waals surface area contributed by atoms with Crippen LogP contribution in [0.3, 0.4) is 0 Å². The monoisotopic (exact) mass is 196 g/mol. The van der Waals surface area contributed by atoms with Crippen LogP contribution in [0.4, 0.5) is 0 Å². The molecular weight excluding hydrogens is 180 g/mol. The van der Waals surface area contributed by atoms with Gasteiger partial charge >= 0.3 is 0 Å². The first-order chi connectivity index (χ1) is 6.36. The highest BCUT2D eigenvalue weighted by Gasteiger charge is 2.24. The number of hydrogen-bond acceptors (Lipinski definition) is 4. The predicted molar refractivity (Wildman–Crippen MR) is 53.3 cm³/mol. The van der Waals surface area contributed by atoms with Gasteiger partial charge in [-0.3, -0.25) is 4.79 Å². The number of carbonyl (C=O) groups is 1. The van der Waals surface area contributed by atoms with E-state index in [4.69, 9.17) is 10.2 Å². The molecule has 1 aromatic heterocycles. The summed E-state index contributed by atoms with van der Waals surface area (Å²) in [5.41, 5.74) is 5.85. The van der Waals surface area contributed by atoms with Crippen LogP contribution < -0.4 is 5.73 Å². The van der Waals surface area contributed by atoms with Gasteiger partial charge in [0.1, 0.15) is 5.76 Å². The summed E-state index contributed by atoms with van der Waals surface area (Å²) in [6, 6.07) is 0. The topological polar surface area (TPSA) is 69.1 Å². The summed E-state index contributed by atoms with van der Waals surface area (Å²) in [6.07, 6.45) is 0. The molecule has 0 spiro atoms. The van der Waals surface area contributed by atoms with E-state index >= 15 is 0 Å². The molecule has 0 atom stereocenters. The van der Waals surface area contributed by atoms with E-state index < -0.39 is 0 Å². The minimum atomic E-state index is -0.261. The van der Waals surface area contributed by atoms with Crippen molar-refractivity contribution in [3.05, 3.63) is 17.3 Å². The summed E-state index contributed by atoms with van der Waals surface area (Å²) in [6.45, 7) is 7.80. The molecule has 0 radical (unpaired) electrons. The first-order valence-corrected chi connectivity index (χ1v) is 4.57. The Labute approximate surface area is 83.5 Å². The molecule has 4 heteroatoms. The molecule has 2 N–H and O–H groups in total. The van der Waals surface area contributed by atoms with Crippen molar-refractivity contribution in [1.82, 2.24) is 4.98 Å². The molecule has 1 rings (SSSR count). The number of nitrogens with zero attached hydrogens (tertiary/aromatic N) is 1. The highest BCUT2D eigenvalue weighted by Crippen LogP contribution is 2.26. The number of Topliss-reactive ketones (excluding diaryl/α,β-unsaturated/α-hetero) is 1. The van der Waals surface area contributed by atoms with Gasteiger partial charge in [-0.2, -0.15) is 0 Å². The molecule has 1 heterocycles. The van der Waals surface area contributed by atoms with Crippen molar-refractivity contribution in [3.63, 3.8) is 0 Å². The third-order valence-electron chi connectivity index (χ3n) is 1.90. The van der Waals surface area contributed by atoms with Gasteiger partial charge < -0.3 is 10.2 Å². The Kier molecular flexibility index (Phi) is 2.76. The average molecular weight is 196 g/mol. The Morgan fingerprint density at radius 3 is 2.43 bits per heavy atom. The van der Waals surface area contributed by atoms with Crippen molar-refractivity contribution in [2.75, 3.05) is 6.54 Å². The van der Waals surface area contributed by atoms with Crippen molar-refractivity contribution in [3.8, 4) is 0 Å². The van der Waals surface area contributed by atoms with Crippen LogP contribution in [-0.4, -0.2) is 17.3 Å². The highest BCUT2D eigenvalue weighted by atomic mass is 16.4. The van der Waals surface area contributed by atoms with E-state index in [9.17, 15) is 4.79 Å². The molecule has 4 nitrogen and oxygen atoms in total. The normalized spacial score (nSPS) is 11.8. The number of nitrogens with two attached hydrogens (primary N) is 1. The van der Waals surface area contributed by atoms with Crippen molar-refractivity contribution < 1.29 is 9.21 Å². The van der Waals surface area contributed by atoms with E-state index in [0.29, 0.717) is 0 Å². The third-order valence-corrected chi connectivity index (χ3v) is 1.90. The van der Waals surface area contributed by atoms with Gasteiger partial charge in [0, 0.05) is 5.41 Å². The Morgan fingerprint density at radius 1 is 1.50 bits per heavy atom. The standard InChI is InChI=1S/C10H16N2O2/c1-6-8(10(2,3)4)14-9(12-6)7(13)5-11/h5,11H2,1-4H3. The number of rotatable bonds is 2. The lowest BCUT2D eigenvalue weighted by atomic mass is 9.92. The summed E-state index contributed by atoms with van der Waals surface area (Å²) in [4.78, 5) is 15.3. The highest BCUT2D eigenvalue weighted by molar-refractivity contribution is 5.93. The van der Waals surface area contributed by atoms with E-state index in [0.717, 1.165) is 11.5 Å². The predicted octanol–water partition coefficient (Wildman–Crippen LogP) is 1.42. The van der Waals surface area contributed by atoms with E-state index in [1.54, 1.807) is 0 Å². The van der Waals surface area contributed by atoms with Crippen molar-refractivity contribution in [1.29, 1.82) is 0 Å². The number of hydrogen-bond donors (Lipinski definition) is 1. The lowest BCUT2D eigenvalue weighted by Crippen LogP contribution is -2.14. The smallest absolute Gasteiger partial charge is 0.264 e. The second kappa shape index (κ2) is 3.53. The van der Waals surface area contributed by atoms with Crippen LogP contribution in [0.1, 0.15) is 42.9 Å². The van der Waals surface area contributed by atoms with Crippen LogP contribution in [0.25, 0.3) is 0 Å². The van der Waals surface area contributed by atoms with Gasteiger partial charge in [0.25, 0.3) is 5.89 Å². The summed E-state index contributed by atoms with van der Waals surface area (Å²) < 4.78 is 5.39. The molecule has 0 aliphatic carbocycles. The summed E-state index contributed by atoms with van der Waals surface area (Å²) in [5.74, 6) is 0.604. The van der Waals surface area contributed by atoms with Crippen molar-refractivity contribution in [2.24, 2.45) is 5.73 Å². The van der Waals surface area contributed by atoms with Crippen LogP contribution in [0.5, 0.6) is 0 Å². The fourth-order valence-electron chi connectivity index (χ4n) is 1.30. The van der Waals surface area contributed by atoms with Gasteiger partial charge in [0.15, 0.2) is 0 Å². The van der Waals surface area contributed by atoms with Crippen LogP contribution >= 0.6 is 0 Å². The average Bonchev–Trinajstić information content (AvgIpc) is 2.45. The zero-order valence-corrected chi connectivity index (χ0v) is 9.05. The Bertz CT molecular complexity index is 347. The molecule has 78 valence electrons. The number of aromatic nitrogens is 1. The lowest BCUT2D eigenvalue weighted by molar-refractivity contribution is 0.0965. The molecule has 0 amide bonds. The molecule has 0 saturated heterocycles. The first-order valence-electron chi connectivity index (χ1n) is 4.57. The third kappa shape index (κ3) is 2.01. The van der Waals surface area contributed by atoms with Gasteiger partial charge in [-0.25, -0.2) is 4.98 Å². The Hall–Kier alpha value is -1.16. The van der Waals surface area contributed by atoms with E-state index in [2.05, 4.69) is 4.98 Å². The molecule has 0 bridgehead atoms. The summed E-state index contributed by atoms with van der Waals surface area (Å²) in [5, 5.41) is 0. The first kappa shape index (κ1) is 10.9. The molecule has 0 aromatic carbocycles. The molecule has 14 heavy (non-hydrogen) atoms.